The zero-order chi connectivity index (χ0) is 10.9. The van der Waals surface area contributed by atoms with Crippen molar-refractivity contribution in [2.45, 2.75) is 51.0 Å². The van der Waals surface area contributed by atoms with E-state index in [1.165, 1.54) is 0 Å². The lowest BCUT2D eigenvalue weighted by atomic mass is 10.2. The van der Waals surface area contributed by atoms with E-state index in [0.717, 1.165) is 0 Å². The van der Waals surface area contributed by atoms with Crippen molar-refractivity contribution in [3.63, 3.8) is 0 Å². The number of halogens is 1. The number of rotatable bonds is 2. The smallest absolute Gasteiger partial charge is 0.321 e. The molecule has 1 atom stereocenters. The largest absolute Gasteiger partial charge is 0.459 e. The van der Waals surface area contributed by atoms with Crippen molar-refractivity contribution in [1.82, 2.24) is 0 Å². The van der Waals surface area contributed by atoms with Crippen LogP contribution in [0.3, 0.4) is 0 Å². The van der Waals surface area contributed by atoms with Gasteiger partial charge in [0.25, 0.3) is 0 Å². The van der Waals surface area contributed by atoms with Crippen molar-refractivity contribution in [1.29, 1.82) is 0 Å². The third-order valence-corrected chi connectivity index (χ3v) is 5.27. The van der Waals surface area contributed by atoms with E-state index in [9.17, 15) is 4.79 Å². The minimum Gasteiger partial charge on any atom is -0.459 e. The molecule has 0 rings (SSSR count). The molecule has 2 nitrogen and oxygen atoms in total. The Balaban J connectivity index is 4.30. The molecule has 0 N–H and O–H groups in total. The average molecular weight is 223 g/mol. The fourth-order valence-corrected chi connectivity index (χ4v) is 1.52. The van der Waals surface area contributed by atoms with E-state index >= 15 is 0 Å². The summed E-state index contributed by atoms with van der Waals surface area (Å²) in [7, 11) is -1.63. The molecule has 0 amide bonds. The molecule has 13 heavy (non-hydrogen) atoms. The molecule has 0 saturated carbocycles. The Bertz CT molecular complexity index is 191. The van der Waals surface area contributed by atoms with Crippen molar-refractivity contribution in [3.8, 4) is 0 Å². The first-order chi connectivity index (χ1) is 5.54. The molecule has 0 aliphatic heterocycles. The van der Waals surface area contributed by atoms with Gasteiger partial charge < -0.3 is 4.74 Å². The highest BCUT2D eigenvalue weighted by molar-refractivity contribution is 6.87. The third-order valence-electron chi connectivity index (χ3n) is 1.37. The number of alkyl halides is 1. The molecular formula is C9H19ClO2Si. The van der Waals surface area contributed by atoms with E-state index in [2.05, 4.69) is 19.6 Å². The van der Waals surface area contributed by atoms with Crippen LogP contribution in [0.25, 0.3) is 0 Å². The van der Waals surface area contributed by atoms with E-state index < -0.39 is 18.7 Å². The highest BCUT2D eigenvalue weighted by Gasteiger charge is 2.34. The van der Waals surface area contributed by atoms with Gasteiger partial charge in [0.15, 0.2) is 0 Å². The fourth-order valence-electron chi connectivity index (χ4n) is 0.707. The van der Waals surface area contributed by atoms with Crippen LogP contribution in [0.2, 0.25) is 19.6 Å². The number of hydrogen-bond donors (Lipinski definition) is 0. The maximum atomic E-state index is 11.5. The quantitative estimate of drug-likeness (QED) is 0.408. The van der Waals surface area contributed by atoms with Crippen LogP contribution in [0.4, 0.5) is 0 Å². The van der Waals surface area contributed by atoms with Gasteiger partial charge in [0, 0.05) is 0 Å². The van der Waals surface area contributed by atoms with Gasteiger partial charge in [-0.25, -0.2) is 0 Å². The molecule has 0 aliphatic rings. The van der Waals surface area contributed by atoms with Gasteiger partial charge in [-0.3, -0.25) is 4.79 Å². The van der Waals surface area contributed by atoms with Gasteiger partial charge in [0.1, 0.15) is 10.6 Å². The van der Waals surface area contributed by atoms with Crippen LogP contribution in [0.1, 0.15) is 20.8 Å². The van der Waals surface area contributed by atoms with Crippen molar-refractivity contribution < 1.29 is 9.53 Å². The Morgan fingerprint density at radius 3 is 1.92 bits per heavy atom. The van der Waals surface area contributed by atoms with Crippen LogP contribution in [-0.2, 0) is 9.53 Å². The number of esters is 1. The van der Waals surface area contributed by atoms with Crippen molar-refractivity contribution in [2.24, 2.45) is 0 Å². The predicted molar refractivity (Wildman–Crippen MR) is 58.8 cm³/mol. The number of ether oxygens (including phenoxy) is 1. The molecule has 0 heterocycles. The number of carbonyl (C=O) groups is 1. The first kappa shape index (κ1) is 13.0. The zero-order valence-electron chi connectivity index (χ0n) is 9.27. The Hall–Kier alpha value is -0.0231. The van der Waals surface area contributed by atoms with Gasteiger partial charge in [-0.1, -0.05) is 19.6 Å². The highest BCUT2D eigenvalue weighted by atomic mass is 35.5. The number of hydrogen-bond acceptors (Lipinski definition) is 2. The molecule has 0 saturated heterocycles. The Morgan fingerprint density at radius 2 is 1.69 bits per heavy atom. The average Bonchev–Trinajstić information content (AvgIpc) is 1.79. The Morgan fingerprint density at radius 1 is 1.31 bits per heavy atom. The lowest BCUT2D eigenvalue weighted by Gasteiger charge is -2.26. The monoisotopic (exact) mass is 222 g/mol. The highest BCUT2D eigenvalue weighted by Crippen LogP contribution is 2.18. The molecule has 0 aromatic carbocycles. The molecule has 0 fully saturated rings. The van der Waals surface area contributed by atoms with Crippen molar-refractivity contribution in [3.05, 3.63) is 0 Å². The van der Waals surface area contributed by atoms with Gasteiger partial charge >= 0.3 is 5.97 Å². The second kappa shape index (κ2) is 4.01. The van der Waals surface area contributed by atoms with E-state index in [-0.39, 0.29) is 5.97 Å². The second-order valence-electron chi connectivity index (χ2n) is 5.26. The van der Waals surface area contributed by atoms with Crippen LogP contribution in [0.5, 0.6) is 0 Å². The summed E-state index contributed by atoms with van der Waals surface area (Å²) in [5.74, 6) is -0.284. The SMILES string of the molecule is CC(C)(C)OC(=O)[C@H](Cl)[Si](C)(C)C. The molecule has 0 radical (unpaired) electrons. The molecule has 0 bridgehead atoms. The maximum Gasteiger partial charge on any atom is 0.321 e. The lowest BCUT2D eigenvalue weighted by molar-refractivity contribution is -0.152. The van der Waals surface area contributed by atoms with Gasteiger partial charge in [0.2, 0.25) is 0 Å². The topological polar surface area (TPSA) is 26.3 Å². The van der Waals surface area contributed by atoms with Gasteiger partial charge in [-0.15, -0.1) is 11.6 Å². The van der Waals surface area contributed by atoms with E-state index in [0.29, 0.717) is 0 Å². The van der Waals surface area contributed by atoms with E-state index in [1.54, 1.807) is 0 Å². The van der Waals surface area contributed by atoms with Gasteiger partial charge in [-0.2, -0.15) is 0 Å². The Kier molecular flexibility index (Phi) is 4.00. The molecule has 0 unspecified atom stereocenters. The predicted octanol–water partition coefficient (Wildman–Crippen LogP) is 2.81. The summed E-state index contributed by atoms with van der Waals surface area (Å²) in [6.07, 6.45) is 0. The van der Waals surface area contributed by atoms with Crippen LogP contribution < -0.4 is 0 Å². The van der Waals surface area contributed by atoms with E-state index in [1.807, 2.05) is 20.8 Å². The fraction of sp³-hybridized carbons (Fsp3) is 0.889. The Labute approximate surface area is 86.6 Å². The normalized spacial score (nSPS) is 15.3. The van der Waals surface area contributed by atoms with E-state index in [4.69, 9.17) is 16.3 Å². The summed E-state index contributed by atoms with van der Waals surface area (Å²) in [6.45, 7) is 11.7. The molecule has 0 aliphatic carbocycles. The van der Waals surface area contributed by atoms with Crippen LogP contribution in [0, 0.1) is 0 Å². The minimum atomic E-state index is -1.63. The van der Waals surface area contributed by atoms with Gasteiger partial charge in [0.05, 0.1) is 8.07 Å². The third kappa shape index (κ3) is 5.31. The molecule has 78 valence electrons. The minimum absolute atomic E-state index is 0.284. The van der Waals surface area contributed by atoms with Crippen LogP contribution in [-0.4, -0.2) is 24.6 Å². The summed E-state index contributed by atoms with van der Waals surface area (Å²) in [6, 6.07) is 0. The van der Waals surface area contributed by atoms with Crippen molar-refractivity contribution in [2.75, 3.05) is 0 Å². The second-order valence-corrected chi connectivity index (χ2v) is 11.4. The molecule has 0 aromatic rings. The summed E-state index contributed by atoms with van der Waals surface area (Å²) in [5.41, 5.74) is -0.441. The molecule has 0 spiro atoms. The van der Waals surface area contributed by atoms with Crippen molar-refractivity contribution >= 4 is 25.6 Å². The first-order valence-electron chi connectivity index (χ1n) is 4.41. The standard InChI is InChI=1S/C9H19ClO2Si/c1-9(2,3)12-8(11)7(10)13(4,5)6/h7H,1-6H3/t7-/m1/s1. The lowest BCUT2D eigenvalue weighted by Crippen LogP contribution is -2.43. The maximum absolute atomic E-state index is 11.5. The first-order valence-corrected chi connectivity index (χ1v) is 8.42. The summed E-state index contributed by atoms with van der Waals surface area (Å²) in [4.78, 5) is 11.5. The van der Waals surface area contributed by atoms with Gasteiger partial charge in [-0.05, 0) is 20.8 Å². The number of carbonyl (C=O) groups excluding carboxylic acids is 1. The molecular weight excluding hydrogens is 204 g/mol. The summed E-state index contributed by atoms with van der Waals surface area (Å²) < 4.78 is 5.19. The van der Waals surface area contributed by atoms with Crippen LogP contribution >= 0.6 is 11.6 Å². The zero-order valence-corrected chi connectivity index (χ0v) is 11.0. The summed E-state index contributed by atoms with van der Waals surface area (Å²) in [5, 5.41) is -0.452. The molecule has 0 aromatic heterocycles. The molecule has 4 heteroatoms. The summed E-state index contributed by atoms with van der Waals surface area (Å²) >= 11 is 6.00. The van der Waals surface area contributed by atoms with Crippen LogP contribution in [0.15, 0.2) is 0 Å².